The lowest BCUT2D eigenvalue weighted by molar-refractivity contribution is 0.410. The molecule has 2 aromatic rings. The molecule has 0 aliphatic rings. The highest BCUT2D eigenvalue weighted by Crippen LogP contribution is 2.24. The van der Waals surface area contributed by atoms with E-state index in [-0.39, 0.29) is 0 Å². The first-order chi connectivity index (χ1) is 5.42. The lowest BCUT2D eigenvalue weighted by atomic mass is 10.2. The van der Waals surface area contributed by atoms with Crippen molar-refractivity contribution in [3.63, 3.8) is 0 Å². The van der Waals surface area contributed by atoms with Crippen LogP contribution in [-0.2, 0) is 0 Å². The predicted molar refractivity (Wildman–Crippen MR) is 41.6 cm³/mol. The van der Waals surface area contributed by atoms with Gasteiger partial charge in [0.05, 0.1) is 13.4 Å². The third-order valence-corrected chi connectivity index (χ3v) is 1.59. The zero-order chi connectivity index (χ0) is 7.68. The van der Waals surface area contributed by atoms with E-state index in [0.29, 0.717) is 0 Å². The number of methoxy groups -OCH3 is 1. The molecule has 0 spiro atoms. The van der Waals surface area contributed by atoms with E-state index in [1.807, 2.05) is 18.2 Å². The summed E-state index contributed by atoms with van der Waals surface area (Å²) < 4.78 is 10.2. The number of benzene rings is 1. The number of ether oxygens (including phenoxy) is 1. The molecule has 1 heterocycles. The molecule has 2 nitrogen and oxygen atoms in total. The molecule has 0 aliphatic heterocycles. The fourth-order valence-corrected chi connectivity index (χ4v) is 1.06. The van der Waals surface area contributed by atoms with Gasteiger partial charge in [-0.1, -0.05) is 12.1 Å². The van der Waals surface area contributed by atoms with Gasteiger partial charge >= 0.3 is 0 Å². The van der Waals surface area contributed by atoms with Gasteiger partial charge in [-0.15, -0.1) is 0 Å². The van der Waals surface area contributed by atoms with Crippen molar-refractivity contribution in [1.82, 2.24) is 0 Å². The number of hydrogen-bond acceptors (Lipinski definition) is 2. The van der Waals surface area contributed by atoms with Gasteiger partial charge in [0.25, 0.3) is 0 Å². The average Bonchev–Trinajstić information content (AvgIpc) is 2.50. The molecule has 0 amide bonds. The van der Waals surface area contributed by atoms with Crippen molar-refractivity contribution in [1.29, 1.82) is 0 Å². The topological polar surface area (TPSA) is 22.4 Å². The number of para-hydroxylation sites is 1. The van der Waals surface area contributed by atoms with Crippen molar-refractivity contribution in [2.75, 3.05) is 7.11 Å². The molecule has 0 saturated carbocycles. The van der Waals surface area contributed by atoms with Crippen LogP contribution < -0.4 is 4.74 Å². The summed E-state index contributed by atoms with van der Waals surface area (Å²) >= 11 is 0. The second kappa shape index (κ2) is 2.31. The van der Waals surface area contributed by atoms with Crippen LogP contribution >= 0.6 is 0 Å². The first-order valence-corrected chi connectivity index (χ1v) is 3.33. The van der Waals surface area contributed by atoms with E-state index in [0.717, 1.165) is 16.7 Å². The number of hydrogen-bond donors (Lipinski definition) is 0. The van der Waals surface area contributed by atoms with Gasteiger partial charge in [-0.05, 0) is 6.07 Å². The van der Waals surface area contributed by atoms with E-state index >= 15 is 0 Å². The Labute approximate surface area is 64.4 Å². The molecule has 0 N–H and O–H groups in total. The SMILES string of the molecule is COc1cccc2[c]coc12. The second-order valence-electron chi connectivity index (χ2n) is 2.22. The Balaban J connectivity index is 2.79. The summed E-state index contributed by atoms with van der Waals surface area (Å²) in [5.41, 5.74) is 0.759. The van der Waals surface area contributed by atoms with Crippen molar-refractivity contribution in [2.24, 2.45) is 0 Å². The summed E-state index contributed by atoms with van der Waals surface area (Å²) in [4.78, 5) is 0. The largest absolute Gasteiger partial charge is 0.493 e. The smallest absolute Gasteiger partial charge is 0.176 e. The first kappa shape index (κ1) is 6.28. The number of furan rings is 1. The number of fused-ring (bicyclic) bond motifs is 1. The van der Waals surface area contributed by atoms with Crippen molar-refractivity contribution in [3.8, 4) is 5.75 Å². The molecule has 1 radical (unpaired) electrons. The van der Waals surface area contributed by atoms with Gasteiger partial charge in [-0.25, -0.2) is 0 Å². The van der Waals surface area contributed by atoms with Crippen LogP contribution in [0.5, 0.6) is 5.75 Å². The zero-order valence-corrected chi connectivity index (χ0v) is 6.13. The molecule has 0 aliphatic carbocycles. The highest BCUT2D eigenvalue weighted by molar-refractivity contribution is 5.82. The Bertz CT molecular complexity index is 362. The highest BCUT2D eigenvalue weighted by atomic mass is 16.5. The van der Waals surface area contributed by atoms with Crippen LogP contribution in [0.25, 0.3) is 11.0 Å². The number of rotatable bonds is 1. The van der Waals surface area contributed by atoms with Crippen molar-refractivity contribution < 1.29 is 9.15 Å². The quantitative estimate of drug-likeness (QED) is 0.617. The Morgan fingerprint density at radius 3 is 3.18 bits per heavy atom. The summed E-state index contributed by atoms with van der Waals surface area (Å²) in [5.74, 6) is 0.753. The van der Waals surface area contributed by atoms with Crippen LogP contribution in [-0.4, -0.2) is 7.11 Å². The molecule has 1 aromatic carbocycles. The summed E-state index contributed by atoms with van der Waals surface area (Å²) in [7, 11) is 1.62. The molecule has 1 aromatic heterocycles. The van der Waals surface area contributed by atoms with E-state index in [4.69, 9.17) is 9.15 Å². The summed E-state index contributed by atoms with van der Waals surface area (Å²) in [6, 6.07) is 8.65. The lowest BCUT2D eigenvalue weighted by Gasteiger charge is -1.97. The molecule has 0 unspecified atom stereocenters. The van der Waals surface area contributed by atoms with Crippen LogP contribution in [0.2, 0.25) is 0 Å². The minimum Gasteiger partial charge on any atom is -0.493 e. The van der Waals surface area contributed by atoms with Crippen LogP contribution in [0, 0.1) is 6.07 Å². The molecule has 11 heavy (non-hydrogen) atoms. The van der Waals surface area contributed by atoms with Crippen LogP contribution in [0.4, 0.5) is 0 Å². The maximum atomic E-state index is 5.16. The molecule has 55 valence electrons. The van der Waals surface area contributed by atoms with Gasteiger partial charge in [-0.2, -0.15) is 0 Å². The maximum Gasteiger partial charge on any atom is 0.176 e. The first-order valence-electron chi connectivity index (χ1n) is 3.33. The van der Waals surface area contributed by atoms with Gasteiger partial charge in [0, 0.05) is 11.5 Å². The van der Waals surface area contributed by atoms with E-state index in [2.05, 4.69) is 6.07 Å². The third kappa shape index (κ3) is 0.871. The van der Waals surface area contributed by atoms with Crippen LogP contribution in [0.15, 0.2) is 28.9 Å². The molecular formula is C9H7O2. The molecule has 0 atom stereocenters. The van der Waals surface area contributed by atoms with Gasteiger partial charge in [-0.3, -0.25) is 0 Å². The Morgan fingerprint density at radius 2 is 2.36 bits per heavy atom. The highest BCUT2D eigenvalue weighted by Gasteiger charge is 2.01. The predicted octanol–water partition coefficient (Wildman–Crippen LogP) is 2.24. The van der Waals surface area contributed by atoms with Gasteiger partial charge in [0.15, 0.2) is 11.3 Å². The van der Waals surface area contributed by atoms with Gasteiger partial charge in [0.1, 0.15) is 0 Å². The minimum atomic E-state index is 0.753. The van der Waals surface area contributed by atoms with E-state index in [1.54, 1.807) is 7.11 Å². The van der Waals surface area contributed by atoms with Crippen molar-refractivity contribution in [3.05, 3.63) is 30.5 Å². The fraction of sp³-hybridized carbons (Fsp3) is 0.111. The maximum absolute atomic E-state index is 5.16. The van der Waals surface area contributed by atoms with Crippen LogP contribution in [0.3, 0.4) is 0 Å². The Kier molecular flexibility index (Phi) is 1.32. The zero-order valence-electron chi connectivity index (χ0n) is 6.13. The van der Waals surface area contributed by atoms with E-state index < -0.39 is 0 Å². The van der Waals surface area contributed by atoms with Crippen molar-refractivity contribution >= 4 is 11.0 Å². The molecule has 2 heteroatoms. The molecule has 2 rings (SSSR count). The fourth-order valence-electron chi connectivity index (χ4n) is 1.06. The van der Waals surface area contributed by atoms with E-state index in [1.165, 1.54) is 6.26 Å². The van der Waals surface area contributed by atoms with Crippen LogP contribution in [0.1, 0.15) is 0 Å². The summed E-state index contributed by atoms with van der Waals surface area (Å²) in [5, 5.41) is 0.948. The van der Waals surface area contributed by atoms with Gasteiger partial charge < -0.3 is 9.15 Å². The standard InChI is InChI=1S/C9H7O2/c1-10-8-4-2-3-7-5-6-11-9(7)8/h2-4,6H,1H3. The molecule has 0 fully saturated rings. The average molecular weight is 147 g/mol. The van der Waals surface area contributed by atoms with E-state index in [9.17, 15) is 0 Å². The third-order valence-electron chi connectivity index (χ3n) is 1.59. The van der Waals surface area contributed by atoms with Gasteiger partial charge in [0.2, 0.25) is 0 Å². The molecular weight excluding hydrogens is 140 g/mol. The normalized spacial score (nSPS) is 10.3. The molecule has 0 saturated heterocycles. The monoisotopic (exact) mass is 147 g/mol. The molecule has 0 bridgehead atoms. The Morgan fingerprint density at radius 1 is 1.45 bits per heavy atom. The Hall–Kier alpha value is -1.44. The lowest BCUT2D eigenvalue weighted by Crippen LogP contribution is -1.81. The summed E-state index contributed by atoms with van der Waals surface area (Å²) in [6.45, 7) is 0. The minimum absolute atomic E-state index is 0.753. The second-order valence-corrected chi connectivity index (χ2v) is 2.22. The van der Waals surface area contributed by atoms with Crippen molar-refractivity contribution in [2.45, 2.75) is 0 Å². The summed E-state index contributed by atoms with van der Waals surface area (Å²) in [6.07, 6.45) is 1.53.